The Labute approximate surface area is 126 Å². The minimum atomic E-state index is 0.00972. The first-order valence-corrected chi connectivity index (χ1v) is 7.34. The van der Waals surface area contributed by atoms with Crippen molar-refractivity contribution in [1.82, 2.24) is 5.32 Å². The van der Waals surface area contributed by atoms with Crippen LogP contribution < -0.4 is 11.1 Å². The molecule has 0 saturated heterocycles. The zero-order valence-electron chi connectivity index (χ0n) is 12.9. The summed E-state index contributed by atoms with van der Waals surface area (Å²) >= 11 is 0. The molecule has 0 heterocycles. The molecule has 0 amide bonds. The lowest BCUT2D eigenvalue weighted by Gasteiger charge is -2.28. The van der Waals surface area contributed by atoms with Crippen LogP contribution in [0.5, 0.6) is 0 Å². The number of nitrogens with one attached hydrogen (secondary N) is 1. The lowest BCUT2D eigenvalue weighted by Crippen LogP contribution is -2.34. The van der Waals surface area contributed by atoms with Crippen LogP contribution in [0.4, 0.5) is 0 Å². The van der Waals surface area contributed by atoms with Crippen molar-refractivity contribution in [2.45, 2.75) is 39.2 Å². The Hall–Kier alpha value is -1.59. The molecule has 5 heteroatoms. The fourth-order valence-corrected chi connectivity index (χ4v) is 2.29. The topological polar surface area (TPSA) is 90.9 Å². The highest BCUT2D eigenvalue weighted by Gasteiger charge is 2.20. The van der Waals surface area contributed by atoms with Gasteiger partial charge in [-0.15, -0.1) is 0 Å². The maximum Gasteiger partial charge on any atom is 0.141 e. The number of amidine groups is 1. The minimum Gasteiger partial charge on any atom is -0.409 e. The molecule has 21 heavy (non-hydrogen) atoms. The van der Waals surface area contributed by atoms with Gasteiger partial charge in [0.25, 0.3) is 0 Å². The van der Waals surface area contributed by atoms with Gasteiger partial charge in [0.2, 0.25) is 0 Å². The molecule has 0 aromatic heterocycles. The molecule has 0 bridgehead atoms. The number of hydrogen-bond acceptors (Lipinski definition) is 4. The number of aliphatic hydroxyl groups is 1. The average Bonchev–Trinajstić information content (AvgIpc) is 2.50. The highest BCUT2D eigenvalue weighted by molar-refractivity contribution is 5.80. The summed E-state index contributed by atoms with van der Waals surface area (Å²) in [6.07, 6.45) is 2.20. The van der Waals surface area contributed by atoms with E-state index in [1.807, 2.05) is 30.3 Å². The third-order valence-corrected chi connectivity index (χ3v) is 3.58. The zero-order chi connectivity index (χ0) is 15.7. The van der Waals surface area contributed by atoms with Gasteiger partial charge in [-0.2, -0.15) is 0 Å². The van der Waals surface area contributed by atoms with Gasteiger partial charge in [0.1, 0.15) is 5.84 Å². The first-order valence-electron chi connectivity index (χ1n) is 7.34. The molecule has 1 aromatic carbocycles. The highest BCUT2D eigenvalue weighted by Crippen LogP contribution is 2.24. The number of aliphatic hydroxyl groups excluding tert-OH is 1. The van der Waals surface area contributed by atoms with Gasteiger partial charge >= 0.3 is 0 Å². The Balaban J connectivity index is 2.70. The number of oxime groups is 1. The van der Waals surface area contributed by atoms with Gasteiger partial charge in [-0.1, -0.05) is 49.3 Å². The maximum absolute atomic E-state index is 8.96. The van der Waals surface area contributed by atoms with Gasteiger partial charge in [-0.3, -0.25) is 0 Å². The molecule has 5 N–H and O–H groups in total. The van der Waals surface area contributed by atoms with E-state index in [2.05, 4.69) is 24.3 Å². The van der Waals surface area contributed by atoms with Crippen LogP contribution in [0.15, 0.2) is 35.5 Å². The molecule has 1 aromatic rings. The Bertz CT molecular complexity index is 432. The Morgan fingerprint density at radius 3 is 2.57 bits per heavy atom. The molecule has 0 saturated carbocycles. The van der Waals surface area contributed by atoms with Crippen LogP contribution in [-0.2, 0) is 0 Å². The third-order valence-electron chi connectivity index (χ3n) is 3.58. The van der Waals surface area contributed by atoms with Crippen molar-refractivity contribution in [3.8, 4) is 0 Å². The molecular weight excluding hydrogens is 266 g/mol. The molecule has 0 radical (unpaired) electrons. The Morgan fingerprint density at radius 2 is 2.00 bits per heavy atom. The van der Waals surface area contributed by atoms with E-state index < -0.39 is 0 Å². The van der Waals surface area contributed by atoms with E-state index in [9.17, 15) is 0 Å². The molecule has 1 atom stereocenters. The standard InChI is InChI=1S/C16H27N3O2/c1-16(2,9-6-10-20)12-18-14(11-15(17)19-21)13-7-4-3-5-8-13/h3-5,7-8,14,18,20-21H,6,9-12H2,1-2H3,(H2,17,19). The van der Waals surface area contributed by atoms with E-state index in [0.29, 0.717) is 6.42 Å². The first-order chi connectivity index (χ1) is 9.98. The SMILES string of the molecule is CC(C)(CCCO)CNC(C/C(N)=N/O)c1ccccc1. The van der Waals surface area contributed by atoms with Crippen molar-refractivity contribution < 1.29 is 10.3 Å². The van der Waals surface area contributed by atoms with Crippen LogP contribution in [0.1, 0.15) is 44.7 Å². The number of rotatable bonds is 9. The molecular formula is C16H27N3O2. The van der Waals surface area contributed by atoms with Crippen molar-refractivity contribution in [2.75, 3.05) is 13.2 Å². The van der Waals surface area contributed by atoms with Crippen molar-refractivity contribution in [1.29, 1.82) is 0 Å². The second-order valence-corrected chi connectivity index (χ2v) is 6.13. The number of nitrogens with two attached hydrogens (primary N) is 1. The molecule has 5 nitrogen and oxygen atoms in total. The van der Waals surface area contributed by atoms with E-state index in [1.54, 1.807) is 0 Å². The van der Waals surface area contributed by atoms with Gasteiger partial charge in [-0.25, -0.2) is 0 Å². The lowest BCUT2D eigenvalue weighted by atomic mass is 9.87. The molecule has 0 aliphatic rings. The summed E-state index contributed by atoms with van der Waals surface area (Å²) in [5.41, 5.74) is 6.85. The van der Waals surface area contributed by atoms with Crippen LogP contribution in [0, 0.1) is 5.41 Å². The number of hydrogen-bond donors (Lipinski definition) is 4. The molecule has 0 fully saturated rings. The van der Waals surface area contributed by atoms with Gasteiger partial charge < -0.3 is 21.4 Å². The van der Waals surface area contributed by atoms with E-state index in [4.69, 9.17) is 16.0 Å². The summed E-state index contributed by atoms with van der Waals surface area (Å²) in [7, 11) is 0. The highest BCUT2D eigenvalue weighted by atomic mass is 16.4. The normalized spacial score (nSPS) is 14.1. The van der Waals surface area contributed by atoms with Gasteiger partial charge in [0.05, 0.1) is 0 Å². The molecule has 0 aliphatic carbocycles. The molecule has 118 valence electrons. The van der Waals surface area contributed by atoms with E-state index >= 15 is 0 Å². The fourth-order valence-electron chi connectivity index (χ4n) is 2.29. The fraction of sp³-hybridized carbons (Fsp3) is 0.562. The van der Waals surface area contributed by atoms with Crippen molar-refractivity contribution in [2.24, 2.45) is 16.3 Å². The Kier molecular flexibility index (Phi) is 7.19. The van der Waals surface area contributed by atoms with E-state index in [-0.39, 0.29) is 23.9 Å². The van der Waals surface area contributed by atoms with Gasteiger partial charge in [0.15, 0.2) is 0 Å². The lowest BCUT2D eigenvalue weighted by molar-refractivity contribution is 0.232. The van der Waals surface area contributed by atoms with E-state index in [1.165, 1.54) is 0 Å². The van der Waals surface area contributed by atoms with Crippen molar-refractivity contribution >= 4 is 5.84 Å². The summed E-state index contributed by atoms with van der Waals surface area (Å²) in [4.78, 5) is 0. The van der Waals surface area contributed by atoms with Crippen LogP contribution in [0.2, 0.25) is 0 Å². The average molecular weight is 293 g/mol. The smallest absolute Gasteiger partial charge is 0.141 e. The summed E-state index contributed by atoms with van der Waals surface area (Å²) in [5.74, 6) is 0.213. The van der Waals surface area contributed by atoms with E-state index in [0.717, 1.165) is 24.9 Å². The van der Waals surface area contributed by atoms with Crippen molar-refractivity contribution in [3.63, 3.8) is 0 Å². The predicted molar refractivity (Wildman–Crippen MR) is 85.3 cm³/mol. The number of nitrogens with zero attached hydrogens (tertiary/aromatic N) is 1. The molecule has 0 spiro atoms. The van der Waals surface area contributed by atoms with Crippen LogP contribution >= 0.6 is 0 Å². The molecule has 1 unspecified atom stereocenters. The van der Waals surface area contributed by atoms with Gasteiger partial charge in [-0.05, 0) is 23.8 Å². The van der Waals surface area contributed by atoms with Crippen LogP contribution in [-0.4, -0.2) is 29.3 Å². The third kappa shape index (κ3) is 6.60. The summed E-state index contributed by atoms with van der Waals surface area (Å²) in [6, 6.07) is 10.00. The van der Waals surface area contributed by atoms with Crippen molar-refractivity contribution in [3.05, 3.63) is 35.9 Å². The monoisotopic (exact) mass is 293 g/mol. The largest absolute Gasteiger partial charge is 0.409 e. The predicted octanol–water partition coefficient (Wildman–Crippen LogP) is 2.25. The molecule has 0 aliphatic heterocycles. The Morgan fingerprint density at radius 1 is 1.33 bits per heavy atom. The number of benzene rings is 1. The minimum absolute atomic E-state index is 0.00972. The summed E-state index contributed by atoms with van der Waals surface area (Å²) < 4.78 is 0. The van der Waals surface area contributed by atoms with Crippen LogP contribution in [0.3, 0.4) is 0 Å². The molecule has 1 rings (SSSR count). The zero-order valence-corrected chi connectivity index (χ0v) is 12.9. The second kappa shape index (κ2) is 8.64. The summed E-state index contributed by atoms with van der Waals surface area (Å²) in [5, 5.41) is 24.3. The van der Waals surface area contributed by atoms with Gasteiger partial charge in [0, 0.05) is 25.6 Å². The second-order valence-electron chi connectivity index (χ2n) is 6.13. The van der Waals surface area contributed by atoms with Crippen LogP contribution in [0.25, 0.3) is 0 Å². The summed E-state index contributed by atoms with van der Waals surface area (Å²) in [6.45, 7) is 5.35. The maximum atomic E-state index is 8.96. The quantitative estimate of drug-likeness (QED) is 0.243. The first kappa shape index (κ1) is 17.5.